The summed E-state index contributed by atoms with van der Waals surface area (Å²) < 4.78 is 10.2. The molecule has 22 heavy (non-hydrogen) atoms. The summed E-state index contributed by atoms with van der Waals surface area (Å²) in [6, 6.07) is 0.332. The van der Waals surface area contributed by atoms with Gasteiger partial charge in [-0.25, -0.2) is 0 Å². The van der Waals surface area contributed by atoms with Gasteiger partial charge in [0.2, 0.25) is 11.8 Å². The van der Waals surface area contributed by atoms with E-state index in [0.717, 1.165) is 25.7 Å². The van der Waals surface area contributed by atoms with E-state index in [1.807, 2.05) is 13.8 Å². The van der Waals surface area contributed by atoms with Crippen molar-refractivity contribution < 1.29 is 19.1 Å². The monoisotopic (exact) mass is 314 g/mol. The van der Waals surface area contributed by atoms with E-state index in [0.29, 0.717) is 0 Å². The average molecular weight is 314 g/mol. The highest BCUT2D eigenvalue weighted by Gasteiger charge is 2.28. The van der Waals surface area contributed by atoms with Crippen LogP contribution in [0.4, 0.5) is 0 Å². The van der Waals surface area contributed by atoms with Crippen LogP contribution in [-0.2, 0) is 19.1 Å². The molecule has 0 heterocycles. The third kappa shape index (κ3) is 5.57. The van der Waals surface area contributed by atoms with Gasteiger partial charge in [-0.2, -0.15) is 0 Å². The van der Waals surface area contributed by atoms with Gasteiger partial charge in [0.25, 0.3) is 0 Å². The summed E-state index contributed by atoms with van der Waals surface area (Å²) >= 11 is 0. The Morgan fingerprint density at radius 1 is 0.864 bits per heavy atom. The van der Waals surface area contributed by atoms with Gasteiger partial charge in [0.1, 0.15) is 12.2 Å². The quantitative estimate of drug-likeness (QED) is 0.741. The second-order valence-corrected chi connectivity index (χ2v) is 6.34. The van der Waals surface area contributed by atoms with Crippen molar-refractivity contribution in [2.75, 3.05) is 14.2 Å². The van der Waals surface area contributed by atoms with Crippen LogP contribution in [0.5, 0.6) is 0 Å². The molecule has 128 valence electrons. The second-order valence-electron chi connectivity index (χ2n) is 6.34. The van der Waals surface area contributed by atoms with Crippen molar-refractivity contribution in [3.05, 3.63) is 0 Å². The molecule has 1 saturated carbocycles. The fourth-order valence-corrected chi connectivity index (χ4v) is 2.77. The van der Waals surface area contributed by atoms with Crippen molar-refractivity contribution in [3.8, 4) is 0 Å². The predicted octanol–water partition coefficient (Wildman–Crippen LogP) is 1.24. The van der Waals surface area contributed by atoms with Gasteiger partial charge in [0.15, 0.2) is 0 Å². The SMILES string of the molecule is COC(C)C(=O)NC1CCC(NC(=O)C(OC)C(C)C)CC1. The molecule has 1 fully saturated rings. The number of carbonyl (C=O) groups is 2. The fourth-order valence-electron chi connectivity index (χ4n) is 2.77. The van der Waals surface area contributed by atoms with Crippen molar-refractivity contribution in [2.45, 2.75) is 70.7 Å². The van der Waals surface area contributed by atoms with Crippen molar-refractivity contribution in [3.63, 3.8) is 0 Å². The van der Waals surface area contributed by atoms with E-state index in [-0.39, 0.29) is 29.8 Å². The molecule has 1 rings (SSSR count). The first-order valence-electron chi connectivity index (χ1n) is 8.05. The molecule has 2 unspecified atom stereocenters. The zero-order valence-corrected chi connectivity index (χ0v) is 14.3. The largest absolute Gasteiger partial charge is 0.372 e. The highest BCUT2D eigenvalue weighted by atomic mass is 16.5. The van der Waals surface area contributed by atoms with E-state index in [1.54, 1.807) is 14.0 Å². The number of amides is 2. The molecule has 1 aliphatic carbocycles. The third-order valence-corrected chi connectivity index (χ3v) is 4.26. The maximum atomic E-state index is 12.1. The lowest BCUT2D eigenvalue weighted by molar-refractivity contribution is -0.135. The van der Waals surface area contributed by atoms with Crippen molar-refractivity contribution >= 4 is 11.8 Å². The summed E-state index contributed by atoms with van der Waals surface area (Å²) in [5.41, 5.74) is 0. The summed E-state index contributed by atoms with van der Waals surface area (Å²) in [5.74, 6) is 0.0309. The van der Waals surface area contributed by atoms with Crippen LogP contribution in [0.3, 0.4) is 0 Å². The van der Waals surface area contributed by atoms with Gasteiger partial charge in [-0.3, -0.25) is 9.59 Å². The minimum atomic E-state index is -0.425. The number of hydrogen-bond acceptors (Lipinski definition) is 4. The van der Waals surface area contributed by atoms with Crippen LogP contribution in [-0.4, -0.2) is 50.3 Å². The molecule has 2 atom stereocenters. The number of methoxy groups -OCH3 is 2. The van der Waals surface area contributed by atoms with Crippen LogP contribution in [0.25, 0.3) is 0 Å². The lowest BCUT2D eigenvalue weighted by atomic mass is 9.90. The lowest BCUT2D eigenvalue weighted by Crippen LogP contribution is -2.48. The minimum absolute atomic E-state index is 0.0435. The van der Waals surface area contributed by atoms with Gasteiger partial charge >= 0.3 is 0 Å². The second kappa shape index (κ2) is 9.10. The molecule has 2 N–H and O–H groups in total. The Morgan fingerprint density at radius 2 is 1.32 bits per heavy atom. The highest BCUT2D eigenvalue weighted by Crippen LogP contribution is 2.19. The first kappa shape index (κ1) is 18.9. The number of ether oxygens (including phenoxy) is 2. The van der Waals surface area contributed by atoms with Crippen molar-refractivity contribution in [1.82, 2.24) is 10.6 Å². The van der Waals surface area contributed by atoms with Crippen LogP contribution < -0.4 is 10.6 Å². The van der Waals surface area contributed by atoms with Crippen LogP contribution in [0.15, 0.2) is 0 Å². The average Bonchev–Trinajstić information content (AvgIpc) is 2.48. The highest BCUT2D eigenvalue weighted by molar-refractivity contribution is 5.81. The summed E-state index contributed by atoms with van der Waals surface area (Å²) in [6.07, 6.45) is 2.64. The van der Waals surface area contributed by atoms with Crippen LogP contribution in [0.2, 0.25) is 0 Å². The summed E-state index contributed by atoms with van der Waals surface area (Å²) in [4.78, 5) is 23.9. The first-order valence-corrected chi connectivity index (χ1v) is 8.05. The topological polar surface area (TPSA) is 76.7 Å². The molecule has 1 aliphatic rings. The molecule has 0 saturated heterocycles. The number of hydrogen-bond donors (Lipinski definition) is 2. The molecule has 0 aromatic carbocycles. The Kier molecular flexibility index (Phi) is 7.82. The van der Waals surface area contributed by atoms with Crippen LogP contribution in [0, 0.1) is 5.92 Å². The zero-order valence-electron chi connectivity index (χ0n) is 14.3. The fraction of sp³-hybridized carbons (Fsp3) is 0.875. The number of carbonyl (C=O) groups excluding carboxylic acids is 2. The summed E-state index contributed by atoms with van der Waals surface area (Å²) in [5, 5.41) is 6.05. The van der Waals surface area contributed by atoms with E-state index in [4.69, 9.17) is 9.47 Å². The summed E-state index contributed by atoms with van der Waals surface area (Å²) in [7, 11) is 3.09. The Balaban J connectivity index is 2.36. The normalized spacial score (nSPS) is 24.6. The van der Waals surface area contributed by atoms with E-state index >= 15 is 0 Å². The van der Waals surface area contributed by atoms with Gasteiger partial charge < -0.3 is 20.1 Å². The number of nitrogens with one attached hydrogen (secondary N) is 2. The summed E-state index contributed by atoms with van der Waals surface area (Å²) in [6.45, 7) is 5.67. The van der Waals surface area contributed by atoms with Crippen LogP contribution in [0.1, 0.15) is 46.5 Å². The van der Waals surface area contributed by atoms with Gasteiger partial charge in [0.05, 0.1) is 0 Å². The van der Waals surface area contributed by atoms with Gasteiger partial charge in [-0.1, -0.05) is 13.8 Å². The number of rotatable bonds is 7. The van der Waals surface area contributed by atoms with Crippen molar-refractivity contribution in [2.24, 2.45) is 5.92 Å². The third-order valence-electron chi connectivity index (χ3n) is 4.26. The Morgan fingerprint density at radius 3 is 1.68 bits per heavy atom. The molecule has 2 amide bonds. The van der Waals surface area contributed by atoms with Crippen molar-refractivity contribution in [1.29, 1.82) is 0 Å². The smallest absolute Gasteiger partial charge is 0.249 e. The van der Waals surface area contributed by atoms with E-state index in [2.05, 4.69) is 10.6 Å². The standard InChI is InChI=1S/C16H30N2O4/c1-10(2)14(22-5)16(20)18-13-8-6-12(7-9-13)17-15(19)11(3)21-4/h10-14H,6-9H2,1-5H3,(H,17,19)(H,18,20). The molecule has 0 radical (unpaired) electrons. The van der Waals surface area contributed by atoms with Gasteiger partial charge in [-0.15, -0.1) is 0 Å². The van der Waals surface area contributed by atoms with Gasteiger partial charge in [0, 0.05) is 26.3 Å². The van der Waals surface area contributed by atoms with E-state index in [1.165, 1.54) is 7.11 Å². The lowest BCUT2D eigenvalue weighted by Gasteiger charge is -2.31. The Hall–Kier alpha value is -1.14. The molecule has 0 aliphatic heterocycles. The van der Waals surface area contributed by atoms with Crippen LogP contribution >= 0.6 is 0 Å². The zero-order chi connectivity index (χ0) is 16.7. The molecule has 0 bridgehead atoms. The Bertz CT molecular complexity index is 365. The molecule has 6 nitrogen and oxygen atoms in total. The van der Waals surface area contributed by atoms with Gasteiger partial charge in [-0.05, 0) is 38.5 Å². The maximum Gasteiger partial charge on any atom is 0.249 e. The Labute approximate surface area is 133 Å². The molecule has 0 aromatic heterocycles. The van der Waals surface area contributed by atoms with E-state index < -0.39 is 12.2 Å². The molecular formula is C16H30N2O4. The predicted molar refractivity (Wildman–Crippen MR) is 84.4 cm³/mol. The first-order chi connectivity index (χ1) is 10.4. The van der Waals surface area contributed by atoms with E-state index in [9.17, 15) is 9.59 Å². The maximum absolute atomic E-state index is 12.1. The molecule has 6 heteroatoms. The molecule has 0 spiro atoms. The molecule has 0 aromatic rings. The molecular weight excluding hydrogens is 284 g/mol. The minimum Gasteiger partial charge on any atom is -0.372 e.